The summed E-state index contributed by atoms with van der Waals surface area (Å²) in [5.41, 5.74) is 2.44. The van der Waals surface area contributed by atoms with Crippen molar-refractivity contribution < 1.29 is 14.7 Å². The molecule has 27 heavy (non-hydrogen) atoms. The third-order valence-electron chi connectivity index (χ3n) is 3.98. The summed E-state index contributed by atoms with van der Waals surface area (Å²) in [6, 6.07) is 16.6. The predicted molar refractivity (Wildman–Crippen MR) is 107 cm³/mol. The number of carbonyl (C=O) groups excluding carboxylic acids is 1. The summed E-state index contributed by atoms with van der Waals surface area (Å²) in [6.45, 7) is 0. The topological polar surface area (TPSA) is 79.3 Å². The van der Waals surface area contributed by atoms with E-state index >= 15 is 0 Å². The second-order valence-electron chi connectivity index (χ2n) is 6.03. The zero-order chi connectivity index (χ0) is 19.2. The van der Waals surface area contributed by atoms with E-state index in [4.69, 9.17) is 11.6 Å². The molecule has 5 nitrogen and oxygen atoms in total. The van der Waals surface area contributed by atoms with Crippen molar-refractivity contribution in [2.75, 3.05) is 5.32 Å². The van der Waals surface area contributed by atoms with Crippen molar-refractivity contribution in [1.29, 1.82) is 0 Å². The predicted octanol–water partition coefficient (Wildman–Crippen LogP) is 4.74. The average Bonchev–Trinajstić information content (AvgIpc) is 3.10. The molecule has 138 valence electrons. The molecule has 7 heteroatoms. The number of nitrogens with zero attached hydrogens (tertiary/aromatic N) is 1. The summed E-state index contributed by atoms with van der Waals surface area (Å²) >= 11 is 7.27. The molecule has 1 heterocycles. The number of carbonyl (C=O) groups is 2. The van der Waals surface area contributed by atoms with Gasteiger partial charge in [-0.1, -0.05) is 54.1 Å². The molecule has 0 saturated carbocycles. The van der Waals surface area contributed by atoms with E-state index in [1.807, 2.05) is 47.8 Å². The molecule has 1 aromatic heterocycles. The lowest BCUT2D eigenvalue weighted by molar-refractivity contribution is -0.143. The summed E-state index contributed by atoms with van der Waals surface area (Å²) in [7, 11) is 0. The molecule has 1 amide bonds. The van der Waals surface area contributed by atoms with Gasteiger partial charge in [0.05, 0.1) is 11.6 Å². The van der Waals surface area contributed by atoms with Crippen LogP contribution in [0, 0.1) is 5.92 Å². The molecule has 0 aliphatic heterocycles. The van der Waals surface area contributed by atoms with Crippen molar-refractivity contribution in [3.63, 3.8) is 0 Å². The van der Waals surface area contributed by atoms with Gasteiger partial charge in [0.15, 0.2) is 5.13 Å². The molecule has 0 saturated heterocycles. The van der Waals surface area contributed by atoms with Gasteiger partial charge in [-0.25, -0.2) is 4.98 Å². The molecular weight excluding hydrogens is 384 g/mol. The lowest BCUT2D eigenvalue weighted by atomic mass is 9.96. The molecule has 0 radical (unpaired) electrons. The number of thiazole rings is 1. The summed E-state index contributed by atoms with van der Waals surface area (Å²) in [4.78, 5) is 28.2. The van der Waals surface area contributed by atoms with Crippen LogP contribution in [-0.2, 0) is 16.0 Å². The molecule has 2 aromatic carbocycles. The Hall–Kier alpha value is -2.70. The summed E-state index contributed by atoms with van der Waals surface area (Å²) in [5.74, 6) is -2.15. The number of aromatic nitrogens is 1. The maximum absolute atomic E-state index is 12.3. The van der Waals surface area contributed by atoms with Crippen molar-refractivity contribution in [1.82, 2.24) is 4.98 Å². The fourth-order valence-corrected chi connectivity index (χ4v) is 3.58. The van der Waals surface area contributed by atoms with Gasteiger partial charge in [0.2, 0.25) is 5.91 Å². The Balaban J connectivity index is 1.63. The highest BCUT2D eigenvalue weighted by molar-refractivity contribution is 7.14. The number of benzene rings is 2. The van der Waals surface area contributed by atoms with Gasteiger partial charge in [-0.3, -0.25) is 9.59 Å². The summed E-state index contributed by atoms with van der Waals surface area (Å²) < 4.78 is 0. The van der Waals surface area contributed by atoms with E-state index in [0.717, 1.165) is 11.1 Å². The number of aliphatic carboxylic acids is 1. The lowest BCUT2D eigenvalue weighted by Crippen LogP contribution is -2.24. The minimum atomic E-state index is -0.993. The maximum Gasteiger partial charge on any atom is 0.307 e. The Labute approximate surface area is 165 Å². The minimum absolute atomic E-state index is 0.115. The first-order chi connectivity index (χ1) is 13.0. The van der Waals surface area contributed by atoms with Gasteiger partial charge in [0.25, 0.3) is 0 Å². The fourth-order valence-electron chi connectivity index (χ4n) is 2.65. The first-order valence-electron chi connectivity index (χ1n) is 8.29. The first-order valence-corrected chi connectivity index (χ1v) is 9.55. The van der Waals surface area contributed by atoms with Crippen molar-refractivity contribution in [3.8, 4) is 11.3 Å². The molecule has 1 atom stereocenters. The second kappa shape index (κ2) is 8.79. The van der Waals surface area contributed by atoms with E-state index in [-0.39, 0.29) is 12.3 Å². The zero-order valence-corrected chi connectivity index (χ0v) is 15.8. The standard InChI is InChI=1S/C20H17ClN2O3S/c21-16-8-4-7-14(10-16)17-12-27-20(22-17)23-18(24)11-15(19(25)26)9-13-5-2-1-3-6-13/h1-8,10,12,15H,9,11H2,(H,25,26)(H,22,23,24). The number of carboxylic acid groups (broad SMARTS) is 1. The van der Waals surface area contributed by atoms with Crippen LogP contribution in [0.2, 0.25) is 5.02 Å². The number of anilines is 1. The molecule has 0 aliphatic carbocycles. The Morgan fingerprint density at radius 2 is 1.93 bits per heavy atom. The maximum atomic E-state index is 12.3. The summed E-state index contributed by atoms with van der Waals surface area (Å²) in [6.07, 6.45) is 0.186. The molecule has 0 bridgehead atoms. The van der Waals surface area contributed by atoms with Gasteiger partial charge in [-0.2, -0.15) is 0 Å². The van der Waals surface area contributed by atoms with E-state index < -0.39 is 11.9 Å². The van der Waals surface area contributed by atoms with Gasteiger partial charge in [-0.05, 0) is 24.1 Å². The molecule has 0 aliphatic rings. The van der Waals surface area contributed by atoms with Gasteiger partial charge >= 0.3 is 5.97 Å². The minimum Gasteiger partial charge on any atom is -0.481 e. The number of amides is 1. The van der Waals surface area contributed by atoms with Crippen LogP contribution in [0.3, 0.4) is 0 Å². The van der Waals surface area contributed by atoms with Crippen LogP contribution in [-0.4, -0.2) is 22.0 Å². The Morgan fingerprint density at radius 1 is 1.15 bits per heavy atom. The van der Waals surface area contributed by atoms with E-state index in [9.17, 15) is 14.7 Å². The lowest BCUT2D eigenvalue weighted by Gasteiger charge is -2.11. The molecular formula is C20H17ClN2O3S. The van der Waals surface area contributed by atoms with Gasteiger partial charge < -0.3 is 10.4 Å². The fraction of sp³-hybridized carbons (Fsp3) is 0.150. The van der Waals surface area contributed by atoms with Crippen LogP contribution in [0.1, 0.15) is 12.0 Å². The summed E-state index contributed by atoms with van der Waals surface area (Å²) in [5, 5.41) is 15.0. The van der Waals surface area contributed by atoms with Crippen LogP contribution in [0.5, 0.6) is 0 Å². The van der Waals surface area contributed by atoms with Gasteiger partial charge in [0.1, 0.15) is 0 Å². The van der Waals surface area contributed by atoms with Crippen molar-refractivity contribution in [3.05, 3.63) is 70.6 Å². The van der Waals surface area contributed by atoms with E-state index in [1.54, 1.807) is 12.1 Å². The quantitative estimate of drug-likeness (QED) is 0.600. The molecule has 0 fully saturated rings. The smallest absolute Gasteiger partial charge is 0.307 e. The molecule has 3 aromatic rings. The molecule has 3 rings (SSSR count). The Kier molecular flexibility index (Phi) is 6.21. The van der Waals surface area contributed by atoms with E-state index in [2.05, 4.69) is 10.3 Å². The van der Waals surface area contributed by atoms with Crippen molar-refractivity contribution >= 4 is 39.9 Å². The first kappa shape index (κ1) is 19.1. The van der Waals surface area contributed by atoms with Gasteiger partial charge in [-0.15, -0.1) is 11.3 Å². The highest BCUT2D eigenvalue weighted by Gasteiger charge is 2.22. The van der Waals surface area contributed by atoms with Crippen LogP contribution < -0.4 is 5.32 Å². The third-order valence-corrected chi connectivity index (χ3v) is 4.97. The van der Waals surface area contributed by atoms with Crippen molar-refractivity contribution in [2.24, 2.45) is 5.92 Å². The van der Waals surface area contributed by atoms with E-state index in [0.29, 0.717) is 22.3 Å². The highest BCUT2D eigenvalue weighted by Crippen LogP contribution is 2.27. The largest absolute Gasteiger partial charge is 0.481 e. The Morgan fingerprint density at radius 3 is 2.63 bits per heavy atom. The molecule has 2 N–H and O–H groups in total. The van der Waals surface area contributed by atoms with Crippen LogP contribution >= 0.6 is 22.9 Å². The third kappa shape index (κ3) is 5.39. The normalized spacial score (nSPS) is 11.7. The SMILES string of the molecule is O=C(CC(Cc1ccccc1)C(=O)O)Nc1nc(-c2cccc(Cl)c2)cs1. The number of hydrogen-bond donors (Lipinski definition) is 2. The Bertz CT molecular complexity index is 943. The number of halogens is 1. The number of hydrogen-bond acceptors (Lipinski definition) is 4. The molecule has 1 unspecified atom stereocenters. The molecule has 0 spiro atoms. The number of carboxylic acids is 1. The van der Waals surface area contributed by atoms with E-state index in [1.165, 1.54) is 11.3 Å². The van der Waals surface area contributed by atoms with Crippen LogP contribution in [0.25, 0.3) is 11.3 Å². The second-order valence-corrected chi connectivity index (χ2v) is 7.32. The monoisotopic (exact) mass is 400 g/mol. The average molecular weight is 401 g/mol. The van der Waals surface area contributed by atoms with Crippen LogP contribution in [0.4, 0.5) is 5.13 Å². The van der Waals surface area contributed by atoms with Crippen LogP contribution in [0.15, 0.2) is 60.0 Å². The van der Waals surface area contributed by atoms with Crippen molar-refractivity contribution in [2.45, 2.75) is 12.8 Å². The zero-order valence-electron chi connectivity index (χ0n) is 14.3. The highest BCUT2D eigenvalue weighted by atomic mass is 35.5. The van der Waals surface area contributed by atoms with Gasteiger partial charge in [0, 0.05) is 22.4 Å². The number of rotatable bonds is 7. The number of nitrogens with one attached hydrogen (secondary N) is 1.